The number of hydrogen-bond donors (Lipinski definition) is 3. The van der Waals surface area contributed by atoms with Gasteiger partial charge in [0.05, 0.1) is 0 Å². The molecule has 0 radical (unpaired) electrons. The fraction of sp³-hybridized carbons (Fsp3) is 0.571. The van der Waals surface area contributed by atoms with Crippen LogP contribution in [-0.4, -0.2) is 46.8 Å². The van der Waals surface area contributed by atoms with Crippen LogP contribution >= 0.6 is 0 Å². The highest BCUT2D eigenvalue weighted by Gasteiger charge is 2.50. The van der Waals surface area contributed by atoms with Gasteiger partial charge in [0.1, 0.15) is 6.04 Å². The van der Waals surface area contributed by atoms with Crippen molar-refractivity contribution in [2.75, 3.05) is 6.54 Å². The Morgan fingerprint density at radius 3 is 2.82 bits per heavy atom. The van der Waals surface area contributed by atoms with E-state index < -0.39 is 6.04 Å². The topological polar surface area (TPSA) is 90.5 Å². The molecule has 1 aliphatic carbocycles. The number of piperidine rings is 2. The molecule has 3 fully saturated rings. The SMILES string of the molecule is O=C1CCC(N2Cc3ccc(CNC4CCCNC45CC5)cc3C2=O)C(=O)N1. The number of amides is 3. The summed E-state index contributed by atoms with van der Waals surface area (Å²) in [7, 11) is 0. The minimum atomic E-state index is -0.554. The van der Waals surface area contributed by atoms with E-state index in [-0.39, 0.29) is 24.1 Å². The summed E-state index contributed by atoms with van der Waals surface area (Å²) in [5.41, 5.74) is 3.04. The van der Waals surface area contributed by atoms with Crippen molar-refractivity contribution >= 4 is 17.7 Å². The summed E-state index contributed by atoms with van der Waals surface area (Å²) >= 11 is 0. The molecule has 3 amide bonds. The second kappa shape index (κ2) is 6.67. The van der Waals surface area contributed by atoms with Crippen LogP contribution in [0.15, 0.2) is 18.2 Å². The van der Waals surface area contributed by atoms with Crippen molar-refractivity contribution in [2.24, 2.45) is 0 Å². The quantitative estimate of drug-likeness (QED) is 0.671. The highest BCUT2D eigenvalue weighted by atomic mass is 16.2. The van der Waals surface area contributed by atoms with Crippen LogP contribution in [0.25, 0.3) is 0 Å². The van der Waals surface area contributed by atoms with Crippen molar-refractivity contribution in [3.05, 3.63) is 34.9 Å². The molecule has 2 saturated heterocycles. The van der Waals surface area contributed by atoms with Crippen molar-refractivity contribution in [3.8, 4) is 0 Å². The first-order valence-electron chi connectivity index (χ1n) is 10.3. The maximum atomic E-state index is 12.9. The monoisotopic (exact) mass is 382 g/mol. The summed E-state index contributed by atoms with van der Waals surface area (Å²) in [6.07, 6.45) is 5.56. The summed E-state index contributed by atoms with van der Waals surface area (Å²) in [5.74, 6) is -0.729. The molecule has 0 aromatic heterocycles. The molecule has 1 aromatic rings. The number of carbonyl (C=O) groups excluding carboxylic acids is 3. The van der Waals surface area contributed by atoms with E-state index in [1.54, 1.807) is 4.90 Å². The fourth-order valence-electron chi connectivity index (χ4n) is 4.95. The van der Waals surface area contributed by atoms with Crippen LogP contribution in [0.4, 0.5) is 0 Å². The number of imide groups is 1. The number of benzene rings is 1. The molecule has 3 aliphatic heterocycles. The third-order valence-corrected chi connectivity index (χ3v) is 6.75. The highest BCUT2D eigenvalue weighted by molar-refractivity contribution is 6.05. The Labute approximate surface area is 164 Å². The van der Waals surface area contributed by atoms with Crippen LogP contribution in [0.3, 0.4) is 0 Å². The molecule has 5 rings (SSSR count). The van der Waals surface area contributed by atoms with Gasteiger partial charge >= 0.3 is 0 Å². The summed E-state index contributed by atoms with van der Waals surface area (Å²) < 4.78 is 0. The molecule has 0 bridgehead atoms. The first kappa shape index (κ1) is 17.8. The smallest absolute Gasteiger partial charge is 0.255 e. The number of nitrogens with one attached hydrogen (secondary N) is 3. The average molecular weight is 382 g/mol. The van der Waals surface area contributed by atoms with E-state index in [1.165, 1.54) is 25.7 Å². The first-order chi connectivity index (χ1) is 13.6. The predicted octanol–water partition coefficient (Wildman–Crippen LogP) is 0.822. The Bertz CT molecular complexity index is 848. The van der Waals surface area contributed by atoms with E-state index in [2.05, 4.69) is 22.0 Å². The standard InChI is InChI=1S/C21H26N4O3/c26-18-6-5-16(19(27)24-18)25-12-14-4-3-13(10-15(14)20(25)28)11-22-17-2-1-9-23-21(17)7-8-21/h3-4,10,16-17,22-23H,1-2,5-9,11-12H2,(H,24,26,27). The first-order valence-corrected chi connectivity index (χ1v) is 10.3. The zero-order valence-electron chi connectivity index (χ0n) is 15.9. The van der Waals surface area contributed by atoms with E-state index in [9.17, 15) is 14.4 Å². The lowest BCUT2D eigenvalue weighted by molar-refractivity contribution is -0.136. The number of nitrogens with zero attached hydrogens (tertiary/aromatic N) is 1. The van der Waals surface area contributed by atoms with Crippen molar-refractivity contribution in [2.45, 2.75) is 69.2 Å². The second-order valence-electron chi connectivity index (χ2n) is 8.55. The summed E-state index contributed by atoms with van der Waals surface area (Å²) in [6, 6.07) is 5.98. The van der Waals surface area contributed by atoms with Gasteiger partial charge < -0.3 is 15.5 Å². The molecule has 2 atom stereocenters. The molecule has 7 heteroatoms. The van der Waals surface area contributed by atoms with Crippen LogP contribution in [0.5, 0.6) is 0 Å². The Hall–Kier alpha value is -2.25. The largest absolute Gasteiger partial charge is 0.322 e. The molecule has 2 unspecified atom stereocenters. The van der Waals surface area contributed by atoms with Crippen molar-refractivity contribution in [1.82, 2.24) is 20.9 Å². The molecule has 7 nitrogen and oxygen atoms in total. The molecule has 4 aliphatic rings. The Kier molecular flexibility index (Phi) is 4.25. The van der Waals surface area contributed by atoms with Crippen LogP contribution in [-0.2, 0) is 22.7 Å². The molecule has 148 valence electrons. The minimum Gasteiger partial charge on any atom is -0.322 e. The highest BCUT2D eigenvalue weighted by Crippen LogP contribution is 2.42. The van der Waals surface area contributed by atoms with Gasteiger partial charge in [-0.15, -0.1) is 0 Å². The Morgan fingerprint density at radius 1 is 1.18 bits per heavy atom. The van der Waals surface area contributed by atoms with Crippen LogP contribution in [0.2, 0.25) is 0 Å². The van der Waals surface area contributed by atoms with Gasteiger partial charge in [0.15, 0.2) is 0 Å². The third kappa shape index (κ3) is 3.02. The average Bonchev–Trinajstić information content (AvgIpc) is 3.38. The molecular weight excluding hydrogens is 356 g/mol. The molecule has 1 spiro atoms. The molecule has 3 N–H and O–H groups in total. The van der Waals surface area contributed by atoms with Gasteiger partial charge in [0.25, 0.3) is 5.91 Å². The summed E-state index contributed by atoms with van der Waals surface area (Å²) in [4.78, 5) is 38.1. The lowest BCUT2D eigenvalue weighted by Gasteiger charge is -2.34. The molecule has 1 saturated carbocycles. The number of fused-ring (bicyclic) bond motifs is 1. The van der Waals surface area contributed by atoms with E-state index in [0.717, 1.165) is 24.2 Å². The van der Waals surface area contributed by atoms with Crippen molar-refractivity contribution < 1.29 is 14.4 Å². The number of hydrogen-bond acceptors (Lipinski definition) is 5. The van der Waals surface area contributed by atoms with Crippen LogP contribution < -0.4 is 16.0 Å². The zero-order valence-corrected chi connectivity index (χ0v) is 15.9. The molecule has 3 heterocycles. The van der Waals surface area contributed by atoms with Gasteiger partial charge in [-0.25, -0.2) is 0 Å². The van der Waals surface area contributed by atoms with Gasteiger partial charge in [0, 0.05) is 36.7 Å². The fourth-order valence-corrected chi connectivity index (χ4v) is 4.95. The van der Waals surface area contributed by atoms with E-state index >= 15 is 0 Å². The normalized spacial score (nSPS) is 28.4. The maximum Gasteiger partial charge on any atom is 0.255 e. The zero-order chi connectivity index (χ0) is 19.3. The lowest BCUT2D eigenvalue weighted by atomic mass is 9.95. The van der Waals surface area contributed by atoms with Gasteiger partial charge in [-0.2, -0.15) is 0 Å². The minimum absolute atomic E-state index is 0.107. The molecule has 1 aromatic carbocycles. The molecular formula is C21H26N4O3. The number of carbonyl (C=O) groups is 3. The predicted molar refractivity (Wildman–Crippen MR) is 102 cm³/mol. The maximum absolute atomic E-state index is 12.9. The van der Waals surface area contributed by atoms with Gasteiger partial charge in [-0.3, -0.25) is 19.7 Å². The molecule has 28 heavy (non-hydrogen) atoms. The Balaban J connectivity index is 1.27. The van der Waals surface area contributed by atoms with Crippen LogP contribution in [0.1, 0.15) is 60.0 Å². The van der Waals surface area contributed by atoms with Gasteiger partial charge in [-0.05, 0) is 55.8 Å². The summed E-state index contributed by atoms with van der Waals surface area (Å²) in [6.45, 7) is 2.29. The van der Waals surface area contributed by atoms with Gasteiger partial charge in [-0.1, -0.05) is 12.1 Å². The Morgan fingerprint density at radius 2 is 2.04 bits per heavy atom. The second-order valence-corrected chi connectivity index (χ2v) is 8.55. The van der Waals surface area contributed by atoms with E-state index in [1.807, 2.05) is 12.1 Å². The third-order valence-electron chi connectivity index (χ3n) is 6.75. The van der Waals surface area contributed by atoms with Crippen LogP contribution in [0, 0.1) is 0 Å². The van der Waals surface area contributed by atoms with E-state index in [4.69, 9.17) is 0 Å². The lowest BCUT2D eigenvalue weighted by Crippen LogP contribution is -2.53. The van der Waals surface area contributed by atoms with E-state index in [0.29, 0.717) is 30.1 Å². The van der Waals surface area contributed by atoms with Crippen molar-refractivity contribution in [1.29, 1.82) is 0 Å². The summed E-state index contributed by atoms with van der Waals surface area (Å²) in [5, 5.41) is 9.71. The van der Waals surface area contributed by atoms with Gasteiger partial charge in [0.2, 0.25) is 11.8 Å². The van der Waals surface area contributed by atoms with Crippen molar-refractivity contribution in [3.63, 3.8) is 0 Å². The number of rotatable bonds is 4.